The van der Waals surface area contributed by atoms with E-state index in [1.807, 2.05) is 25.2 Å². The van der Waals surface area contributed by atoms with Crippen molar-refractivity contribution in [3.63, 3.8) is 0 Å². The van der Waals surface area contributed by atoms with E-state index in [-0.39, 0.29) is 11.9 Å². The average molecular weight is 216 g/mol. The highest BCUT2D eigenvalue weighted by Gasteiger charge is 2.12. The van der Waals surface area contributed by atoms with Gasteiger partial charge in [0.05, 0.1) is 11.7 Å². The second-order valence-electron chi connectivity index (χ2n) is 3.53. The van der Waals surface area contributed by atoms with Crippen LogP contribution in [0.25, 0.3) is 0 Å². The largest absolute Gasteiger partial charge is 0.308 e. The fourth-order valence-corrected chi connectivity index (χ4v) is 1.69. The Labute approximate surface area is 94.2 Å². The third-order valence-electron chi connectivity index (χ3n) is 2.48. The minimum atomic E-state index is -0.223. The molecule has 1 aromatic heterocycles. The zero-order valence-corrected chi connectivity index (χ0v) is 9.02. The maximum Gasteiger partial charge on any atom is 0.123 e. The van der Waals surface area contributed by atoms with Gasteiger partial charge in [-0.25, -0.2) is 4.39 Å². The predicted molar refractivity (Wildman–Crippen MR) is 61.5 cm³/mol. The zero-order chi connectivity index (χ0) is 11.4. The number of rotatable bonds is 3. The predicted octanol–water partition coefficient (Wildman–Crippen LogP) is 2.53. The van der Waals surface area contributed by atoms with Crippen LogP contribution in [0.5, 0.6) is 0 Å². The normalized spacial score (nSPS) is 12.4. The summed E-state index contributed by atoms with van der Waals surface area (Å²) >= 11 is 0. The summed E-state index contributed by atoms with van der Waals surface area (Å²) in [6.07, 6.45) is 1.75. The molecule has 0 saturated heterocycles. The summed E-state index contributed by atoms with van der Waals surface area (Å²) < 4.78 is 12.8. The first-order chi connectivity index (χ1) is 7.81. The van der Waals surface area contributed by atoms with Crippen LogP contribution in [0, 0.1) is 5.82 Å². The van der Waals surface area contributed by atoms with Gasteiger partial charge in [0, 0.05) is 6.20 Å². The summed E-state index contributed by atoms with van der Waals surface area (Å²) in [5.74, 6) is -0.223. The van der Waals surface area contributed by atoms with E-state index in [1.54, 1.807) is 18.3 Å². The third-order valence-corrected chi connectivity index (χ3v) is 2.48. The third kappa shape index (κ3) is 2.25. The zero-order valence-electron chi connectivity index (χ0n) is 9.02. The molecule has 0 amide bonds. The first-order valence-electron chi connectivity index (χ1n) is 5.15. The van der Waals surface area contributed by atoms with Crippen molar-refractivity contribution in [1.29, 1.82) is 0 Å². The molecular weight excluding hydrogens is 203 g/mol. The molecule has 0 aliphatic carbocycles. The van der Waals surface area contributed by atoms with Gasteiger partial charge in [-0.2, -0.15) is 0 Å². The molecule has 0 aliphatic rings. The lowest BCUT2D eigenvalue weighted by molar-refractivity contribution is 0.622. The van der Waals surface area contributed by atoms with Gasteiger partial charge in [-0.1, -0.05) is 18.2 Å². The lowest BCUT2D eigenvalue weighted by atomic mass is 10.0. The number of benzene rings is 1. The molecule has 2 aromatic rings. The molecule has 0 radical (unpaired) electrons. The molecule has 2 rings (SSSR count). The second-order valence-corrected chi connectivity index (χ2v) is 3.53. The van der Waals surface area contributed by atoms with Gasteiger partial charge in [0.15, 0.2) is 0 Å². The fourth-order valence-electron chi connectivity index (χ4n) is 1.69. The number of halogens is 1. The number of hydrogen-bond acceptors (Lipinski definition) is 2. The Morgan fingerprint density at radius 2 is 1.88 bits per heavy atom. The van der Waals surface area contributed by atoms with Crippen LogP contribution in [0.2, 0.25) is 0 Å². The molecule has 1 heterocycles. The molecule has 3 heteroatoms. The van der Waals surface area contributed by atoms with E-state index in [2.05, 4.69) is 10.3 Å². The van der Waals surface area contributed by atoms with Crippen molar-refractivity contribution in [2.45, 2.75) is 6.04 Å². The Morgan fingerprint density at radius 1 is 1.12 bits per heavy atom. The Morgan fingerprint density at radius 3 is 2.44 bits per heavy atom. The molecule has 0 fully saturated rings. The van der Waals surface area contributed by atoms with E-state index >= 15 is 0 Å². The van der Waals surface area contributed by atoms with E-state index < -0.39 is 0 Å². The molecule has 16 heavy (non-hydrogen) atoms. The molecule has 2 nitrogen and oxygen atoms in total. The molecule has 0 spiro atoms. The molecule has 0 saturated carbocycles. The highest BCUT2D eigenvalue weighted by Crippen LogP contribution is 2.19. The van der Waals surface area contributed by atoms with Crippen LogP contribution >= 0.6 is 0 Å². The quantitative estimate of drug-likeness (QED) is 0.852. The van der Waals surface area contributed by atoms with Crippen LogP contribution in [0.4, 0.5) is 4.39 Å². The average Bonchev–Trinajstić information content (AvgIpc) is 2.34. The van der Waals surface area contributed by atoms with Gasteiger partial charge >= 0.3 is 0 Å². The Balaban J connectivity index is 2.33. The van der Waals surface area contributed by atoms with Crippen molar-refractivity contribution in [2.24, 2.45) is 0 Å². The van der Waals surface area contributed by atoms with Gasteiger partial charge < -0.3 is 5.32 Å². The van der Waals surface area contributed by atoms with Crippen LogP contribution in [0.3, 0.4) is 0 Å². The van der Waals surface area contributed by atoms with E-state index in [9.17, 15) is 4.39 Å². The summed E-state index contributed by atoms with van der Waals surface area (Å²) in [5, 5.41) is 3.17. The van der Waals surface area contributed by atoms with Crippen molar-refractivity contribution in [3.05, 3.63) is 65.7 Å². The summed E-state index contributed by atoms with van der Waals surface area (Å²) in [6, 6.07) is 12.2. The van der Waals surface area contributed by atoms with Crippen LogP contribution in [0.1, 0.15) is 17.3 Å². The number of nitrogens with zero attached hydrogens (tertiary/aromatic N) is 1. The van der Waals surface area contributed by atoms with Crippen molar-refractivity contribution in [2.75, 3.05) is 7.05 Å². The highest BCUT2D eigenvalue weighted by atomic mass is 19.1. The number of aromatic nitrogens is 1. The molecule has 1 aromatic carbocycles. The van der Waals surface area contributed by atoms with E-state index in [0.717, 1.165) is 11.3 Å². The summed E-state index contributed by atoms with van der Waals surface area (Å²) in [6.45, 7) is 0. The van der Waals surface area contributed by atoms with Gasteiger partial charge in [0.25, 0.3) is 0 Å². The molecule has 1 unspecified atom stereocenters. The SMILES string of the molecule is CNC(c1ccc(F)cc1)c1ccccn1. The lowest BCUT2D eigenvalue weighted by Crippen LogP contribution is -2.18. The summed E-state index contributed by atoms with van der Waals surface area (Å²) in [7, 11) is 1.86. The topological polar surface area (TPSA) is 24.9 Å². The van der Waals surface area contributed by atoms with E-state index in [1.165, 1.54) is 12.1 Å². The maximum atomic E-state index is 12.8. The molecule has 1 atom stereocenters. The van der Waals surface area contributed by atoms with Gasteiger partial charge in [-0.15, -0.1) is 0 Å². The van der Waals surface area contributed by atoms with Crippen LogP contribution in [-0.2, 0) is 0 Å². The lowest BCUT2D eigenvalue weighted by Gasteiger charge is -2.15. The van der Waals surface area contributed by atoms with Crippen LogP contribution in [0.15, 0.2) is 48.7 Å². The van der Waals surface area contributed by atoms with Crippen molar-refractivity contribution >= 4 is 0 Å². The van der Waals surface area contributed by atoms with Gasteiger partial charge in [-0.05, 0) is 36.9 Å². The monoisotopic (exact) mass is 216 g/mol. The molecule has 0 bridgehead atoms. The molecule has 1 N–H and O–H groups in total. The van der Waals surface area contributed by atoms with E-state index in [4.69, 9.17) is 0 Å². The molecule has 0 aliphatic heterocycles. The van der Waals surface area contributed by atoms with Gasteiger partial charge in [-0.3, -0.25) is 4.98 Å². The summed E-state index contributed by atoms with van der Waals surface area (Å²) in [5.41, 5.74) is 1.93. The standard InChI is InChI=1S/C13H13FN2/c1-15-13(12-4-2-3-9-16-12)10-5-7-11(14)8-6-10/h2-9,13,15H,1H3. The Kier molecular flexibility index (Phi) is 3.27. The molecule has 82 valence electrons. The van der Waals surface area contributed by atoms with Crippen molar-refractivity contribution in [3.8, 4) is 0 Å². The number of hydrogen-bond donors (Lipinski definition) is 1. The maximum absolute atomic E-state index is 12.8. The first kappa shape index (κ1) is 10.8. The smallest absolute Gasteiger partial charge is 0.123 e. The highest BCUT2D eigenvalue weighted by molar-refractivity contribution is 5.27. The van der Waals surface area contributed by atoms with Crippen LogP contribution in [-0.4, -0.2) is 12.0 Å². The minimum absolute atomic E-state index is 0.00167. The second kappa shape index (κ2) is 4.86. The molecular formula is C13H13FN2. The summed E-state index contributed by atoms with van der Waals surface area (Å²) in [4.78, 5) is 4.29. The van der Waals surface area contributed by atoms with Crippen LogP contribution < -0.4 is 5.32 Å². The van der Waals surface area contributed by atoms with Gasteiger partial charge in [0.2, 0.25) is 0 Å². The number of pyridine rings is 1. The number of nitrogens with one attached hydrogen (secondary N) is 1. The Hall–Kier alpha value is -1.74. The van der Waals surface area contributed by atoms with Crippen molar-refractivity contribution < 1.29 is 4.39 Å². The fraction of sp³-hybridized carbons (Fsp3) is 0.154. The first-order valence-corrected chi connectivity index (χ1v) is 5.15. The van der Waals surface area contributed by atoms with E-state index in [0.29, 0.717) is 0 Å². The Bertz CT molecular complexity index is 439. The minimum Gasteiger partial charge on any atom is -0.308 e. The van der Waals surface area contributed by atoms with Gasteiger partial charge in [0.1, 0.15) is 5.82 Å². The van der Waals surface area contributed by atoms with Crippen molar-refractivity contribution in [1.82, 2.24) is 10.3 Å².